The molecule has 1 heterocycles. The summed E-state index contributed by atoms with van der Waals surface area (Å²) in [5, 5.41) is 12.5. The van der Waals surface area contributed by atoms with E-state index in [1.165, 1.54) is 12.8 Å². The summed E-state index contributed by atoms with van der Waals surface area (Å²) in [4.78, 5) is 2.38. The van der Waals surface area contributed by atoms with Crippen molar-refractivity contribution >= 4 is 5.69 Å². The van der Waals surface area contributed by atoms with Gasteiger partial charge in [-0.15, -0.1) is 0 Å². The first-order valence-corrected chi connectivity index (χ1v) is 6.71. The van der Waals surface area contributed by atoms with Crippen LogP contribution in [0.3, 0.4) is 0 Å². The van der Waals surface area contributed by atoms with E-state index >= 15 is 0 Å². The van der Waals surface area contributed by atoms with Gasteiger partial charge in [-0.2, -0.15) is 5.26 Å². The molecule has 1 atom stereocenters. The third-order valence-corrected chi connectivity index (χ3v) is 3.51. The van der Waals surface area contributed by atoms with Crippen LogP contribution in [0.25, 0.3) is 0 Å². The van der Waals surface area contributed by atoms with Crippen LogP contribution in [-0.4, -0.2) is 25.2 Å². The van der Waals surface area contributed by atoms with E-state index in [9.17, 15) is 0 Å². The second kappa shape index (κ2) is 5.88. The van der Waals surface area contributed by atoms with Crippen molar-refractivity contribution in [3.05, 3.63) is 29.8 Å². The molecule has 1 unspecified atom stereocenters. The van der Waals surface area contributed by atoms with Crippen molar-refractivity contribution in [1.82, 2.24) is 5.32 Å². The fourth-order valence-electron chi connectivity index (χ4n) is 2.52. The maximum absolute atomic E-state index is 8.99. The van der Waals surface area contributed by atoms with Gasteiger partial charge in [-0.1, -0.05) is 6.07 Å². The van der Waals surface area contributed by atoms with Gasteiger partial charge in [0, 0.05) is 24.3 Å². The van der Waals surface area contributed by atoms with Crippen LogP contribution in [0, 0.1) is 11.3 Å². The minimum atomic E-state index is 0.446. The van der Waals surface area contributed by atoms with Gasteiger partial charge in [0.15, 0.2) is 0 Å². The molecule has 1 aliphatic heterocycles. The van der Waals surface area contributed by atoms with Crippen molar-refractivity contribution in [2.45, 2.75) is 38.8 Å². The van der Waals surface area contributed by atoms with Crippen LogP contribution in [-0.2, 0) is 0 Å². The van der Waals surface area contributed by atoms with Gasteiger partial charge in [0.05, 0.1) is 11.6 Å². The standard InChI is InChI=1S/C15H21N3/c1-12(2)18(11-14-6-4-8-17-14)15-7-3-5-13(9-15)10-16/h3,5,7,9,12,14,17H,4,6,8,11H2,1-2H3. The topological polar surface area (TPSA) is 39.1 Å². The number of anilines is 1. The molecule has 1 saturated heterocycles. The molecule has 0 amide bonds. The lowest BCUT2D eigenvalue weighted by Gasteiger charge is -2.31. The lowest BCUT2D eigenvalue weighted by molar-refractivity contribution is 0.553. The molecule has 1 aromatic carbocycles. The highest BCUT2D eigenvalue weighted by Crippen LogP contribution is 2.20. The van der Waals surface area contributed by atoms with E-state index in [0.29, 0.717) is 12.1 Å². The molecule has 3 heteroatoms. The van der Waals surface area contributed by atoms with Crippen molar-refractivity contribution in [3.63, 3.8) is 0 Å². The highest BCUT2D eigenvalue weighted by atomic mass is 15.2. The Labute approximate surface area is 109 Å². The molecule has 96 valence electrons. The normalized spacial score (nSPS) is 18.9. The summed E-state index contributed by atoms with van der Waals surface area (Å²) in [6, 6.07) is 11.1. The molecule has 3 nitrogen and oxygen atoms in total. The van der Waals surface area contributed by atoms with Gasteiger partial charge >= 0.3 is 0 Å². The number of benzene rings is 1. The second-order valence-corrected chi connectivity index (χ2v) is 5.20. The first-order valence-electron chi connectivity index (χ1n) is 6.71. The van der Waals surface area contributed by atoms with E-state index in [-0.39, 0.29) is 0 Å². The fraction of sp³-hybridized carbons (Fsp3) is 0.533. The Morgan fingerprint density at radius 3 is 2.94 bits per heavy atom. The van der Waals surface area contributed by atoms with Gasteiger partial charge in [0.25, 0.3) is 0 Å². The minimum absolute atomic E-state index is 0.446. The summed E-state index contributed by atoms with van der Waals surface area (Å²) in [5.74, 6) is 0. The zero-order chi connectivity index (χ0) is 13.0. The Hall–Kier alpha value is -1.53. The average Bonchev–Trinajstić information content (AvgIpc) is 2.88. The van der Waals surface area contributed by atoms with Gasteiger partial charge in [-0.3, -0.25) is 0 Å². The predicted octanol–water partition coefficient (Wildman–Crippen LogP) is 2.53. The molecule has 0 bridgehead atoms. The highest BCUT2D eigenvalue weighted by molar-refractivity contribution is 5.52. The van der Waals surface area contributed by atoms with Crippen LogP contribution in [0.1, 0.15) is 32.3 Å². The molecule has 0 aromatic heterocycles. The molecular formula is C15H21N3. The van der Waals surface area contributed by atoms with Gasteiger partial charge in [0.1, 0.15) is 0 Å². The Morgan fingerprint density at radius 1 is 1.50 bits per heavy atom. The van der Waals surface area contributed by atoms with E-state index in [4.69, 9.17) is 5.26 Å². The molecule has 0 radical (unpaired) electrons. The fourth-order valence-corrected chi connectivity index (χ4v) is 2.52. The number of hydrogen-bond acceptors (Lipinski definition) is 3. The van der Waals surface area contributed by atoms with Crippen molar-refractivity contribution in [2.24, 2.45) is 0 Å². The predicted molar refractivity (Wildman–Crippen MR) is 74.7 cm³/mol. The first-order chi connectivity index (χ1) is 8.70. The van der Waals surface area contributed by atoms with Crippen molar-refractivity contribution in [3.8, 4) is 6.07 Å². The number of nitrogens with one attached hydrogen (secondary N) is 1. The molecule has 1 fully saturated rings. The van der Waals surface area contributed by atoms with Crippen molar-refractivity contribution in [2.75, 3.05) is 18.0 Å². The van der Waals surface area contributed by atoms with E-state index in [1.807, 2.05) is 18.2 Å². The van der Waals surface area contributed by atoms with Crippen LogP contribution in [0.2, 0.25) is 0 Å². The Bertz CT molecular complexity index is 428. The quantitative estimate of drug-likeness (QED) is 0.883. The molecular weight excluding hydrogens is 222 g/mol. The number of rotatable bonds is 4. The van der Waals surface area contributed by atoms with Gasteiger partial charge < -0.3 is 10.2 Å². The third kappa shape index (κ3) is 3.02. The van der Waals surface area contributed by atoms with Gasteiger partial charge in [0.2, 0.25) is 0 Å². The van der Waals surface area contributed by atoms with Gasteiger partial charge in [-0.25, -0.2) is 0 Å². The zero-order valence-electron chi connectivity index (χ0n) is 11.2. The summed E-state index contributed by atoms with van der Waals surface area (Å²) in [6.45, 7) is 6.56. The second-order valence-electron chi connectivity index (χ2n) is 5.20. The number of nitriles is 1. The maximum atomic E-state index is 8.99. The van der Waals surface area contributed by atoms with E-state index < -0.39 is 0 Å². The lowest BCUT2D eigenvalue weighted by atomic mass is 10.1. The summed E-state index contributed by atoms with van der Waals surface area (Å²) in [5.41, 5.74) is 1.88. The molecule has 1 aliphatic rings. The van der Waals surface area contributed by atoms with E-state index in [0.717, 1.165) is 24.3 Å². The SMILES string of the molecule is CC(C)N(CC1CCCN1)c1cccc(C#N)c1. The molecule has 18 heavy (non-hydrogen) atoms. The Morgan fingerprint density at radius 2 is 2.33 bits per heavy atom. The molecule has 0 spiro atoms. The number of hydrogen-bond donors (Lipinski definition) is 1. The zero-order valence-corrected chi connectivity index (χ0v) is 11.2. The molecule has 2 rings (SSSR count). The van der Waals surface area contributed by atoms with Gasteiger partial charge in [-0.05, 0) is 51.4 Å². The highest BCUT2D eigenvalue weighted by Gasteiger charge is 2.20. The molecule has 1 aromatic rings. The summed E-state index contributed by atoms with van der Waals surface area (Å²) >= 11 is 0. The Balaban J connectivity index is 2.15. The van der Waals surface area contributed by atoms with Crippen molar-refractivity contribution < 1.29 is 0 Å². The van der Waals surface area contributed by atoms with Crippen LogP contribution in [0.5, 0.6) is 0 Å². The largest absolute Gasteiger partial charge is 0.368 e. The summed E-state index contributed by atoms with van der Waals surface area (Å²) in [7, 11) is 0. The van der Waals surface area contributed by atoms with Crippen molar-refractivity contribution in [1.29, 1.82) is 5.26 Å². The van der Waals surface area contributed by atoms with Crippen LogP contribution >= 0.6 is 0 Å². The van der Waals surface area contributed by atoms with E-state index in [2.05, 4.69) is 36.2 Å². The molecule has 0 aliphatic carbocycles. The molecule has 0 saturated carbocycles. The lowest BCUT2D eigenvalue weighted by Crippen LogP contribution is -2.41. The smallest absolute Gasteiger partial charge is 0.0992 e. The average molecular weight is 243 g/mol. The van der Waals surface area contributed by atoms with Crippen LogP contribution in [0.15, 0.2) is 24.3 Å². The van der Waals surface area contributed by atoms with E-state index in [1.54, 1.807) is 0 Å². The van der Waals surface area contributed by atoms with Crippen LogP contribution < -0.4 is 10.2 Å². The first kappa shape index (κ1) is 12.9. The summed E-state index contributed by atoms with van der Waals surface area (Å²) in [6.07, 6.45) is 2.52. The van der Waals surface area contributed by atoms with Crippen LogP contribution in [0.4, 0.5) is 5.69 Å². The summed E-state index contributed by atoms with van der Waals surface area (Å²) < 4.78 is 0. The maximum Gasteiger partial charge on any atom is 0.0992 e. The Kier molecular flexibility index (Phi) is 4.22. The monoisotopic (exact) mass is 243 g/mol. The third-order valence-electron chi connectivity index (χ3n) is 3.51. The number of nitrogens with zero attached hydrogens (tertiary/aromatic N) is 2. The molecule has 1 N–H and O–H groups in total. The minimum Gasteiger partial charge on any atom is -0.368 e.